The van der Waals surface area contributed by atoms with Crippen LogP contribution in [-0.2, 0) is 0 Å². The number of rotatable bonds is 4. The molecule has 6 heteroatoms. The largest absolute Gasteiger partial charge is 0.399 e. The number of carbonyl (C=O) groups excluding carboxylic acids is 1. The van der Waals surface area contributed by atoms with Crippen molar-refractivity contribution in [2.24, 2.45) is 0 Å². The molecule has 3 N–H and O–H groups in total. The van der Waals surface area contributed by atoms with Gasteiger partial charge in [-0.25, -0.2) is 4.68 Å². The van der Waals surface area contributed by atoms with E-state index in [9.17, 15) is 9.90 Å². The van der Waals surface area contributed by atoms with Gasteiger partial charge in [-0.1, -0.05) is 6.07 Å². The second kappa shape index (κ2) is 5.75. The van der Waals surface area contributed by atoms with Gasteiger partial charge in [-0.15, -0.1) is 0 Å². The predicted octanol–water partition coefficient (Wildman–Crippen LogP) is 0.907. The van der Waals surface area contributed by atoms with Crippen LogP contribution in [0.3, 0.4) is 0 Å². The van der Waals surface area contributed by atoms with Crippen LogP contribution in [-0.4, -0.2) is 45.4 Å². The normalized spacial score (nSPS) is 12.2. The van der Waals surface area contributed by atoms with Crippen LogP contribution in [0.25, 0.3) is 5.69 Å². The highest BCUT2D eigenvalue weighted by Gasteiger charge is 2.16. The fourth-order valence-electron chi connectivity index (χ4n) is 1.92. The van der Waals surface area contributed by atoms with E-state index in [1.807, 2.05) is 12.1 Å². The molecule has 0 aliphatic heterocycles. The standard InChI is InChI=1S/C14H18N4O2/c1-10(19)9-17(2)14(20)13-6-7-18(16-13)12-5-3-4-11(15)8-12/h3-8,10,19H,9,15H2,1-2H3. The van der Waals surface area contributed by atoms with Crippen LogP contribution in [0.1, 0.15) is 17.4 Å². The number of amides is 1. The fraction of sp³-hybridized carbons (Fsp3) is 0.286. The van der Waals surface area contributed by atoms with Gasteiger partial charge in [-0.05, 0) is 31.2 Å². The molecule has 2 rings (SSSR count). The smallest absolute Gasteiger partial charge is 0.274 e. The van der Waals surface area contributed by atoms with E-state index in [2.05, 4.69) is 5.10 Å². The quantitative estimate of drug-likeness (QED) is 0.812. The number of anilines is 1. The minimum atomic E-state index is -0.569. The maximum absolute atomic E-state index is 12.1. The Morgan fingerprint density at radius 1 is 1.50 bits per heavy atom. The Morgan fingerprint density at radius 2 is 2.25 bits per heavy atom. The van der Waals surface area contributed by atoms with Crippen molar-refractivity contribution in [3.05, 3.63) is 42.2 Å². The second-order valence-corrected chi connectivity index (χ2v) is 4.78. The van der Waals surface area contributed by atoms with Crippen molar-refractivity contribution in [1.29, 1.82) is 0 Å². The summed E-state index contributed by atoms with van der Waals surface area (Å²) < 4.78 is 1.60. The molecule has 0 bridgehead atoms. The van der Waals surface area contributed by atoms with Crippen molar-refractivity contribution in [1.82, 2.24) is 14.7 Å². The number of aliphatic hydroxyl groups excluding tert-OH is 1. The molecule has 1 aromatic carbocycles. The number of likely N-dealkylation sites (N-methyl/N-ethyl adjacent to an activating group) is 1. The van der Waals surface area contributed by atoms with E-state index in [0.717, 1.165) is 5.69 Å². The van der Waals surface area contributed by atoms with E-state index < -0.39 is 6.10 Å². The highest BCUT2D eigenvalue weighted by Crippen LogP contribution is 2.12. The SMILES string of the molecule is CC(O)CN(C)C(=O)c1ccn(-c2cccc(N)c2)n1. The molecule has 0 saturated carbocycles. The first-order chi connectivity index (χ1) is 9.47. The zero-order valence-electron chi connectivity index (χ0n) is 11.5. The van der Waals surface area contributed by atoms with Crippen molar-refractivity contribution in [2.45, 2.75) is 13.0 Å². The van der Waals surface area contributed by atoms with E-state index in [-0.39, 0.29) is 12.5 Å². The summed E-state index contributed by atoms with van der Waals surface area (Å²) in [7, 11) is 1.63. The molecule has 1 aromatic heterocycles. The summed E-state index contributed by atoms with van der Waals surface area (Å²) in [6.45, 7) is 1.90. The summed E-state index contributed by atoms with van der Waals surface area (Å²) in [5.74, 6) is -0.228. The first kappa shape index (κ1) is 14.1. The van der Waals surface area contributed by atoms with Crippen molar-refractivity contribution in [3.63, 3.8) is 0 Å². The Labute approximate surface area is 117 Å². The molecular formula is C14H18N4O2. The lowest BCUT2D eigenvalue weighted by Crippen LogP contribution is -2.33. The highest BCUT2D eigenvalue weighted by molar-refractivity contribution is 5.92. The molecule has 1 unspecified atom stereocenters. The molecule has 2 aromatic rings. The van der Waals surface area contributed by atoms with Crippen molar-refractivity contribution < 1.29 is 9.90 Å². The van der Waals surface area contributed by atoms with Crippen LogP contribution in [0.15, 0.2) is 36.5 Å². The van der Waals surface area contributed by atoms with Gasteiger partial charge >= 0.3 is 0 Å². The second-order valence-electron chi connectivity index (χ2n) is 4.78. The van der Waals surface area contributed by atoms with E-state index in [4.69, 9.17) is 5.73 Å². The summed E-state index contributed by atoms with van der Waals surface area (Å²) in [6.07, 6.45) is 1.14. The summed E-state index contributed by atoms with van der Waals surface area (Å²) in [6, 6.07) is 8.89. The summed E-state index contributed by atoms with van der Waals surface area (Å²) >= 11 is 0. The first-order valence-corrected chi connectivity index (χ1v) is 6.32. The van der Waals surface area contributed by atoms with Gasteiger partial charge in [0.2, 0.25) is 0 Å². The molecule has 0 aliphatic rings. The molecule has 0 fully saturated rings. The fourth-order valence-corrected chi connectivity index (χ4v) is 1.92. The van der Waals surface area contributed by atoms with E-state index in [1.165, 1.54) is 4.90 Å². The van der Waals surface area contributed by atoms with Gasteiger partial charge in [-0.3, -0.25) is 4.79 Å². The van der Waals surface area contributed by atoms with E-state index in [0.29, 0.717) is 11.4 Å². The third-order valence-electron chi connectivity index (χ3n) is 2.83. The molecule has 1 amide bonds. The lowest BCUT2D eigenvalue weighted by Gasteiger charge is -2.17. The number of aliphatic hydroxyl groups is 1. The van der Waals surface area contributed by atoms with Gasteiger partial charge in [-0.2, -0.15) is 5.10 Å². The monoisotopic (exact) mass is 274 g/mol. The number of nitrogens with zero attached hydrogens (tertiary/aromatic N) is 3. The van der Waals surface area contributed by atoms with Crippen LogP contribution in [0.2, 0.25) is 0 Å². The number of hydrogen-bond donors (Lipinski definition) is 2. The van der Waals surface area contributed by atoms with Gasteiger partial charge in [0.1, 0.15) is 0 Å². The number of aromatic nitrogens is 2. The van der Waals surface area contributed by atoms with Crippen LogP contribution < -0.4 is 5.73 Å². The molecule has 20 heavy (non-hydrogen) atoms. The van der Waals surface area contributed by atoms with Gasteiger partial charge in [0.25, 0.3) is 5.91 Å². The number of carbonyl (C=O) groups is 1. The van der Waals surface area contributed by atoms with Crippen molar-refractivity contribution >= 4 is 11.6 Å². The molecule has 106 valence electrons. The lowest BCUT2D eigenvalue weighted by atomic mass is 10.3. The summed E-state index contributed by atoms with van der Waals surface area (Å²) in [5.41, 5.74) is 7.48. The third kappa shape index (κ3) is 3.16. The first-order valence-electron chi connectivity index (χ1n) is 6.32. The lowest BCUT2D eigenvalue weighted by molar-refractivity contribution is 0.0697. The highest BCUT2D eigenvalue weighted by atomic mass is 16.3. The Balaban J connectivity index is 2.19. The van der Waals surface area contributed by atoms with Crippen molar-refractivity contribution in [2.75, 3.05) is 19.3 Å². The Kier molecular flexibility index (Phi) is 4.05. The molecule has 1 heterocycles. The maximum Gasteiger partial charge on any atom is 0.274 e. The molecule has 0 aliphatic carbocycles. The number of nitrogens with two attached hydrogens (primary N) is 1. The number of nitrogen functional groups attached to an aromatic ring is 1. The molecule has 0 radical (unpaired) electrons. The molecule has 1 atom stereocenters. The average Bonchev–Trinajstić information content (AvgIpc) is 2.86. The van der Waals surface area contributed by atoms with Crippen LogP contribution in [0.4, 0.5) is 5.69 Å². The minimum Gasteiger partial charge on any atom is -0.399 e. The van der Waals surface area contributed by atoms with E-state index in [1.54, 1.807) is 43.0 Å². The minimum absolute atomic E-state index is 0.228. The zero-order valence-corrected chi connectivity index (χ0v) is 11.5. The predicted molar refractivity (Wildman–Crippen MR) is 76.6 cm³/mol. The van der Waals surface area contributed by atoms with Gasteiger partial charge in [0, 0.05) is 25.5 Å². The van der Waals surface area contributed by atoms with Crippen LogP contribution >= 0.6 is 0 Å². The van der Waals surface area contributed by atoms with Crippen LogP contribution in [0.5, 0.6) is 0 Å². The summed E-state index contributed by atoms with van der Waals surface area (Å²) in [5, 5.41) is 13.5. The van der Waals surface area contributed by atoms with Gasteiger partial charge in [0.15, 0.2) is 5.69 Å². The maximum atomic E-state index is 12.1. The Morgan fingerprint density at radius 3 is 2.90 bits per heavy atom. The molecule has 0 saturated heterocycles. The van der Waals surface area contributed by atoms with Gasteiger partial charge < -0.3 is 15.7 Å². The molecular weight excluding hydrogens is 256 g/mol. The summed E-state index contributed by atoms with van der Waals surface area (Å²) in [4.78, 5) is 13.5. The Bertz CT molecular complexity index is 607. The topological polar surface area (TPSA) is 84.4 Å². The number of benzene rings is 1. The zero-order chi connectivity index (χ0) is 14.7. The van der Waals surface area contributed by atoms with Crippen LogP contribution in [0, 0.1) is 0 Å². The molecule has 0 spiro atoms. The Hall–Kier alpha value is -2.34. The van der Waals surface area contributed by atoms with E-state index >= 15 is 0 Å². The van der Waals surface area contributed by atoms with Crippen molar-refractivity contribution in [3.8, 4) is 5.69 Å². The third-order valence-corrected chi connectivity index (χ3v) is 2.83. The van der Waals surface area contributed by atoms with Gasteiger partial charge in [0.05, 0.1) is 11.8 Å². The average molecular weight is 274 g/mol. The number of hydrogen-bond acceptors (Lipinski definition) is 4. The molecule has 6 nitrogen and oxygen atoms in total.